The SMILES string of the molecule is CSCCNc1nc(-c2ccncc2Cl)cs1. The van der Waals surface area contributed by atoms with Crippen molar-refractivity contribution < 1.29 is 0 Å². The summed E-state index contributed by atoms with van der Waals surface area (Å²) in [5.41, 5.74) is 1.82. The molecule has 90 valence electrons. The number of anilines is 1. The lowest BCUT2D eigenvalue weighted by Crippen LogP contribution is -2.02. The maximum Gasteiger partial charge on any atom is 0.183 e. The predicted molar refractivity (Wildman–Crippen MR) is 77.2 cm³/mol. The molecule has 0 spiro atoms. The van der Waals surface area contributed by atoms with Crippen LogP contribution >= 0.6 is 34.7 Å². The van der Waals surface area contributed by atoms with Crippen LogP contribution in [0, 0.1) is 0 Å². The Balaban J connectivity index is 2.10. The lowest BCUT2D eigenvalue weighted by molar-refractivity contribution is 1.20. The number of halogens is 1. The zero-order chi connectivity index (χ0) is 12.1. The number of nitrogens with one attached hydrogen (secondary N) is 1. The van der Waals surface area contributed by atoms with E-state index in [1.807, 2.05) is 23.2 Å². The Morgan fingerprint density at radius 3 is 3.18 bits per heavy atom. The van der Waals surface area contributed by atoms with Crippen molar-refractivity contribution in [3.8, 4) is 11.3 Å². The molecule has 2 aromatic heterocycles. The molecule has 17 heavy (non-hydrogen) atoms. The number of thioether (sulfide) groups is 1. The Kier molecular flexibility index (Phi) is 4.65. The van der Waals surface area contributed by atoms with Crippen molar-refractivity contribution >= 4 is 39.8 Å². The Labute approximate surface area is 114 Å². The fraction of sp³-hybridized carbons (Fsp3) is 0.273. The first-order valence-corrected chi connectivity index (χ1v) is 7.74. The van der Waals surface area contributed by atoms with E-state index in [1.165, 1.54) is 0 Å². The van der Waals surface area contributed by atoms with Gasteiger partial charge in [-0.25, -0.2) is 4.98 Å². The van der Waals surface area contributed by atoms with Crippen molar-refractivity contribution in [2.24, 2.45) is 0 Å². The van der Waals surface area contributed by atoms with Gasteiger partial charge < -0.3 is 5.32 Å². The molecule has 0 aromatic carbocycles. The fourth-order valence-corrected chi connectivity index (χ4v) is 2.58. The second-order valence-corrected chi connectivity index (χ2v) is 5.56. The van der Waals surface area contributed by atoms with Crippen LogP contribution in [0.4, 0.5) is 5.13 Å². The minimum atomic E-state index is 0.633. The summed E-state index contributed by atoms with van der Waals surface area (Å²) in [6.07, 6.45) is 5.45. The molecule has 0 aliphatic rings. The predicted octanol–water partition coefficient (Wildman–Crippen LogP) is 3.63. The molecule has 0 radical (unpaired) electrons. The Morgan fingerprint density at radius 1 is 1.53 bits per heavy atom. The van der Waals surface area contributed by atoms with Gasteiger partial charge in [0, 0.05) is 35.6 Å². The largest absolute Gasteiger partial charge is 0.361 e. The molecular weight excluding hydrogens is 274 g/mol. The highest BCUT2D eigenvalue weighted by Crippen LogP contribution is 2.29. The van der Waals surface area contributed by atoms with Gasteiger partial charge in [0.15, 0.2) is 5.13 Å². The molecule has 0 amide bonds. The van der Waals surface area contributed by atoms with Crippen molar-refractivity contribution in [1.82, 2.24) is 9.97 Å². The minimum Gasteiger partial charge on any atom is -0.361 e. The summed E-state index contributed by atoms with van der Waals surface area (Å²) in [6, 6.07) is 1.88. The van der Waals surface area contributed by atoms with Crippen LogP contribution in [0.15, 0.2) is 23.8 Å². The number of pyridine rings is 1. The first-order valence-electron chi connectivity index (χ1n) is 5.09. The maximum absolute atomic E-state index is 6.07. The van der Waals surface area contributed by atoms with Crippen molar-refractivity contribution in [3.63, 3.8) is 0 Å². The molecule has 0 saturated carbocycles. The third kappa shape index (κ3) is 3.34. The highest BCUT2D eigenvalue weighted by molar-refractivity contribution is 7.98. The maximum atomic E-state index is 6.07. The van der Waals surface area contributed by atoms with Crippen LogP contribution in [-0.2, 0) is 0 Å². The zero-order valence-corrected chi connectivity index (χ0v) is 11.7. The Bertz CT molecular complexity index is 487. The molecule has 6 heteroatoms. The molecule has 3 nitrogen and oxygen atoms in total. The fourth-order valence-electron chi connectivity index (χ4n) is 1.32. The van der Waals surface area contributed by atoms with Gasteiger partial charge in [-0.1, -0.05) is 11.6 Å². The number of hydrogen-bond acceptors (Lipinski definition) is 5. The molecule has 1 N–H and O–H groups in total. The summed E-state index contributed by atoms with van der Waals surface area (Å²) in [4.78, 5) is 8.46. The van der Waals surface area contributed by atoms with E-state index >= 15 is 0 Å². The van der Waals surface area contributed by atoms with Crippen LogP contribution in [0.2, 0.25) is 5.02 Å². The van der Waals surface area contributed by atoms with E-state index in [-0.39, 0.29) is 0 Å². The number of nitrogens with zero attached hydrogens (tertiary/aromatic N) is 2. The van der Waals surface area contributed by atoms with Crippen molar-refractivity contribution in [2.45, 2.75) is 0 Å². The normalized spacial score (nSPS) is 10.5. The number of hydrogen-bond donors (Lipinski definition) is 1. The van der Waals surface area contributed by atoms with Gasteiger partial charge in [-0.2, -0.15) is 11.8 Å². The van der Waals surface area contributed by atoms with Gasteiger partial charge in [0.2, 0.25) is 0 Å². The van der Waals surface area contributed by atoms with Crippen LogP contribution in [0.5, 0.6) is 0 Å². The Morgan fingerprint density at radius 2 is 2.41 bits per heavy atom. The zero-order valence-electron chi connectivity index (χ0n) is 9.31. The lowest BCUT2D eigenvalue weighted by Gasteiger charge is -2.00. The molecule has 2 heterocycles. The molecule has 0 aliphatic carbocycles. The number of aromatic nitrogens is 2. The van der Waals surface area contributed by atoms with E-state index in [0.717, 1.165) is 28.7 Å². The van der Waals surface area contributed by atoms with Crippen LogP contribution in [0.1, 0.15) is 0 Å². The molecule has 0 bridgehead atoms. The van der Waals surface area contributed by atoms with E-state index < -0.39 is 0 Å². The molecule has 0 fully saturated rings. The van der Waals surface area contributed by atoms with Crippen LogP contribution in [-0.4, -0.2) is 28.5 Å². The summed E-state index contributed by atoms with van der Waals surface area (Å²) in [6.45, 7) is 0.929. The van der Waals surface area contributed by atoms with E-state index in [4.69, 9.17) is 11.6 Å². The monoisotopic (exact) mass is 285 g/mol. The smallest absolute Gasteiger partial charge is 0.183 e. The van der Waals surface area contributed by atoms with E-state index in [0.29, 0.717) is 5.02 Å². The van der Waals surface area contributed by atoms with Crippen LogP contribution < -0.4 is 5.32 Å². The van der Waals surface area contributed by atoms with E-state index in [1.54, 1.807) is 23.7 Å². The van der Waals surface area contributed by atoms with Gasteiger partial charge in [0.05, 0.1) is 10.7 Å². The first kappa shape index (κ1) is 12.7. The molecular formula is C11H12ClN3S2. The third-order valence-corrected chi connectivity index (χ3v) is 3.85. The molecule has 0 aliphatic heterocycles. The highest BCUT2D eigenvalue weighted by Gasteiger charge is 2.07. The molecule has 2 aromatic rings. The van der Waals surface area contributed by atoms with Gasteiger partial charge >= 0.3 is 0 Å². The topological polar surface area (TPSA) is 37.8 Å². The van der Waals surface area contributed by atoms with Gasteiger partial charge in [-0.05, 0) is 12.3 Å². The molecule has 0 unspecified atom stereocenters. The second-order valence-electron chi connectivity index (χ2n) is 3.31. The number of thiazole rings is 1. The molecule has 0 atom stereocenters. The van der Waals surface area contributed by atoms with Gasteiger partial charge in [-0.15, -0.1) is 11.3 Å². The molecule has 0 saturated heterocycles. The second kappa shape index (κ2) is 6.23. The van der Waals surface area contributed by atoms with Crippen LogP contribution in [0.3, 0.4) is 0 Å². The summed E-state index contributed by atoms with van der Waals surface area (Å²) in [7, 11) is 0. The van der Waals surface area contributed by atoms with Crippen molar-refractivity contribution in [2.75, 3.05) is 23.9 Å². The quantitative estimate of drug-likeness (QED) is 0.851. The summed E-state index contributed by atoms with van der Waals surface area (Å²) in [5, 5.41) is 6.85. The summed E-state index contributed by atoms with van der Waals surface area (Å²) < 4.78 is 0. The standard InChI is InChI=1S/C11H12ClN3S2/c1-16-5-4-14-11-15-10(7-17-11)8-2-3-13-6-9(8)12/h2-3,6-7H,4-5H2,1H3,(H,14,15). The third-order valence-electron chi connectivity index (χ3n) is 2.13. The average molecular weight is 286 g/mol. The van der Waals surface area contributed by atoms with Gasteiger partial charge in [-0.3, -0.25) is 4.98 Å². The molecule has 2 rings (SSSR count). The highest BCUT2D eigenvalue weighted by atomic mass is 35.5. The van der Waals surface area contributed by atoms with E-state index in [9.17, 15) is 0 Å². The number of rotatable bonds is 5. The van der Waals surface area contributed by atoms with E-state index in [2.05, 4.69) is 21.5 Å². The van der Waals surface area contributed by atoms with Gasteiger partial charge in [0.1, 0.15) is 0 Å². The summed E-state index contributed by atoms with van der Waals surface area (Å²) in [5.74, 6) is 1.07. The van der Waals surface area contributed by atoms with Gasteiger partial charge in [0.25, 0.3) is 0 Å². The van der Waals surface area contributed by atoms with Crippen molar-refractivity contribution in [3.05, 3.63) is 28.9 Å². The van der Waals surface area contributed by atoms with Crippen molar-refractivity contribution in [1.29, 1.82) is 0 Å². The first-order chi connectivity index (χ1) is 8.31. The average Bonchev–Trinajstić information content (AvgIpc) is 2.79. The minimum absolute atomic E-state index is 0.633. The summed E-state index contributed by atoms with van der Waals surface area (Å²) >= 11 is 9.48. The Hall–Kier alpha value is -0.780. The van der Waals surface area contributed by atoms with Crippen LogP contribution in [0.25, 0.3) is 11.3 Å². The lowest BCUT2D eigenvalue weighted by atomic mass is 10.2.